The van der Waals surface area contributed by atoms with Crippen LogP contribution in [0.2, 0.25) is 0 Å². The molecular weight excluding hydrogens is 536 g/mol. The highest BCUT2D eigenvalue weighted by atomic mass is 19.1. The molecule has 12 heteroatoms. The molecule has 0 aromatic carbocycles. The summed E-state index contributed by atoms with van der Waals surface area (Å²) in [5, 5.41) is 6.08. The number of pyridine rings is 2. The van der Waals surface area contributed by atoms with Gasteiger partial charge >= 0.3 is 0 Å². The third-order valence-electron chi connectivity index (χ3n) is 7.27. The second-order valence-electron chi connectivity index (χ2n) is 10.1. The molecule has 2 aliphatic carbocycles. The van der Waals surface area contributed by atoms with Crippen LogP contribution in [0.25, 0.3) is 0 Å². The SMILES string of the molecule is C.Fc1cccnc1C1(CNc2ncccn2)CC(F)C1.Fc1cccnc1C1(CNc2ncccn2)CC(F)C1. The lowest BCUT2D eigenvalue weighted by Gasteiger charge is -2.43. The molecule has 2 aliphatic rings. The van der Waals surface area contributed by atoms with Gasteiger partial charge in [-0.1, -0.05) is 7.43 Å². The minimum atomic E-state index is -0.908. The van der Waals surface area contributed by atoms with Crippen molar-refractivity contribution in [2.24, 2.45) is 0 Å². The van der Waals surface area contributed by atoms with E-state index in [1.165, 1.54) is 36.7 Å². The molecule has 41 heavy (non-hydrogen) atoms. The number of hydrogen-bond acceptors (Lipinski definition) is 8. The summed E-state index contributed by atoms with van der Waals surface area (Å²) in [6, 6.07) is 9.20. The lowest BCUT2D eigenvalue weighted by atomic mass is 9.65. The van der Waals surface area contributed by atoms with Crippen molar-refractivity contribution in [1.82, 2.24) is 29.9 Å². The van der Waals surface area contributed by atoms with Crippen LogP contribution in [0.4, 0.5) is 29.5 Å². The van der Waals surface area contributed by atoms with Crippen LogP contribution in [-0.2, 0) is 10.8 Å². The summed E-state index contributed by atoms with van der Waals surface area (Å²) in [5.41, 5.74) is -0.608. The Kier molecular flexibility index (Phi) is 9.41. The maximum Gasteiger partial charge on any atom is 0.222 e. The van der Waals surface area contributed by atoms with Crippen LogP contribution in [0.15, 0.2) is 73.6 Å². The highest BCUT2D eigenvalue weighted by Crippen LogP contribution is 2.46. The fraction of sp³-hybridized carbons (Fsp3) is 0.379. The zero-order valence-electron chi connectivity index (χ0n) is 21.5. The van der Waals surface area contributed by atoms with Gasteiger partial charge in [-0.25, -0.2) is 37.5 Å². The van der Waals surface area contributed by atoms with Crippen molar-refractivity contribution < 1.29 is 17.6 Å². The average molecular weight is 569 g/mol. The normalized spacial score (nSPS) is 24.4. The van der Waals surface area contributed by atoms with Gasteiger partial charge in [-0.15, -0.1) is 0 Å². The molecule has 0 saturated heterocycles. The van der Waals surface area contributed by atoms with Crippen LogP contribution >= 0.6 is 0 Å². The van der Waals surface area contributed by atoms with E-state index in [1.54, 1.807) is 36.9 Å². The highest BCUT2D eigenvalue weighted by molar-refractivity contribution is 5.32. The van der Waals surface area contributed by atoms with Crippen LogP contribution in [0.5, 0.6) is 0 Å². The molecule has 0 radical (unpaired) electrons. The quantitative estimate of drug-likeness (QED) is 0.264. The Balaban J connectivity index is 0.000000184. The maximum absolute atomic E-state index is 13.9. The van der Waals surface area contributed by atoms with E-state index in [-0.39, 0.29) is 33.1 Å². The zero-order valence-corrected chi connectivity index (χ0v) is 21.5. The number of hydrogen-bond donors (Lipinski definition) is 2. The molecule has 0 spiro atoms. The number of halogens is 4. The van der Waals surface area contributed by atoms with Gasteiger partial charge in [-0.2, -0.15) is 0 Å². The van der Waals surface area contributed by atoms with Gasteiger partial charge in [0.1, 0.15) is 24.0 Å². The molecule has 6 rings (SSSR count). The monoisotopic (exact) mass is 568 g/mol. The summed E-state index contributed by atoms with van der Waals surface area (Å²) < 4.78 is 54.5. The van der Waals surface area contributed by atoms with E-state index in [1.807, 2.05) is 0 Å². The van der Waals surface area contributed by atoms with E-state index in [0.717, 1.165) is 0 Å². The lowest BCUT2D eigenvalue weighted by molar-refractivity contribution is 0.0960. The molecule has 8 nitrogen and oxygen atoms in total. The van der Waals surface area contributed by atoms with Crippen molar-refractivity contribution in [3.8, 4) is 0 Å². The Bertz CT molecular complexity index is 1280. The zero-order chi connectivity index (χ0) is 28.0. The van der Waals surface area contributed by atoms with Crippen molar-refractivity contribution in [2.75, 3.05) is 23.7 Å². The lowest BCUT2D eigenvalue weighted by Crippen LogP contribution is -2.49. The van der Waals surface area contributed by atoms with Gasteiger partial charge in [0, 0.05) is 61.1 Å². The molecule has 2 fully saturated rings. The fourth-order valence-electron chi connectivity index (χ4n) is 5.25. The van der Waals surface area contributed by atoms with E-state index in [0.29, 0.717) is 36.4 Å². The Morgan fingerprint density at radius 1 is 0.585 bits per heavy atom. The minimum Gasteiger partial charge on any atom is -0.353 e. The summed E-state index contributed by atoms with van der Waals surface area (Å²) in [4.78, 5) is 24.4. The molecule has 4 heterocycles. The number of alkyl halides is 2. The minimum absolute atomic E-state index is 0. The fourth-order valence-corrected chi connectivity index (χ4v) is 5.25. The molecule has 2 saturated carbocycles. The van der Waals surface area contributed by atoms with Gasteiger partial charge in [-0.05, 0) is 62.1 Å². The topological polar surface area (TPSA) is 101 Å². The summed E-state index contributed by atoms with van der Waals surface area (Å²) in [6.07, 6.45) is 8.76. The van der Waals surface area contributed by atoms with E-state index < -0.39 is 34.8 Å². The second kappa shape index (κ2) is 13.0. The number of anilines is 2. The summed E-state index contributed by atoms with van der Waals surface area (Å²) in [5.74, 6) is 0.112. The molecule has 0 atom stereocenters. The first kappa shape index (κ1) is 29.8. The second-order valence-corrected chi connectivity index (χ2v) is 10.1. The van der Waals surface area contributed by atoms with Gasteiger partial charge in [-0.3, -0.25) is 9.97 Å². The van der Waals surface area contributed by atoms with Gasteiger partial charge in [0.25, 0.3) is 0 Å². The van der Waals surface area contributed by atoms with Crippen molar-refractivity contribution in [1.29, 1.82) is 0 Å². The Labute approximate surface area is 236 Å². The van der Waals surface area contributed by atoms with Crippen LogP contribution in [0.1, 0.15) is 44.5 Å². The van der Waals surface area contributed by atoms with Crippen molar-refractivity contribution in [2.45, 2.75) is 56.3 Å². The first-order valence-electron chi connectivity index (χ1n) is 12.9. The number of nitrogens with zero attached hydrogens (tertiary/aromatic N) is 6. The molecular formula is C29H32F4N8. The number of nitrogens with one attached hydrogen (secondary N) is 2. The van der Waals surface area contributed by atoms with E-state index in [9.17, 15) is 17.6 Å². The molecule has 0 amide bonds. The Morgan fingerprint density at radius 3 is 1.24 bits per heavy atom. The predicted molar refractivity (Wildman–Crippen MR) is 148 cm³/mol. The van der Waals surface area contributed by atoms with Gasteiger partial charge in [0.2, 0.25) is 11.9 Å². The van der Waals surface area contributed by atoms with E-state index >= 15 is 0 Å². The van der Waals surface area contributed by atoms with Crippen LogP contribution in [0.3, 0.4) is 0 Å². The van der Waals surface area contributed by atoms with Crippen LogP contribution in [-0.4, -0.2) is 55.3 Å². The highest BCUT2D eigenvalue weighted by Gasteiger charge is 2.49. The Hall–Kier alpha value is -4.22. The number of rotatable bonds is 8. The summed E-state index contributed by atoms with van der Waals surface area (Å²) in [6.45, 7) is 0.733. The number of aromatic nitrogens is 6. The molecule has 4 aromatic heterocycles. The van der Waals surface area contributed by atoms with Crippen molar-refractivity contribution in [3.63, 3.8) is 0 Å². The van der Waals surface area contributed by atoms with E-state index in [4.69, 9.17) is 0 Å². The average Bonchev–Trinajstić information content (AvgIpc) is 2.94. The van der Waals surface area contributed by atoms with Crippen LogP contribution < -0.4 is 10.6 Å². The predicted octanol–water partition coefficient (Wildman–Crippen LogP) is 5.62. The first-order valence-corrected chi connectivity index (χ1v) is 12.9. The third kappa shape index (κ3) is 6.75. The molecule has 4 aromatic rings. The van der Waals surface area contributed by atoms with Crippen molar-refractivity contribution in [3.05, 3.63) is 96.6 Å². The third-order valence-corrected chi connectivity index (χ3v) is 7.27. The molecule has 2 N–H and O–H groups in total. The van der Waals surface area contributed by atoms with E-state index in [2.05, 4.69) is 40.5 Å². The van der Waals surface area contributed by atoms with Gasteiger partial charge in [0.15, 0.2) is 0 Å². The summed E-state index contributed by atoms with van der Waals surface area (Å²) >= 11 is 0. The Morgan fingerprint density at radius 2 is 0.927 bits per heavy atom. The molecule has 0 aliphatic heterocycles. The molecule has 0 bridgehead atoms. The largest absolute Gasteiger partial charge is 0.353 e. The molecule has 0 unspecified atom stereocenters. The van der Waals surface area contributed by atoms with Crippen molar-refractivity contribution >= 4 is 11.9 Å². The molecule has 216 valence electrons. The first-order chi connectivity index (χ1) is 19.4. The van der Waals surface area contributed by atoms with Gasteiger partial charge < -0.3 is 10.6 Å². The van der Waals surface area contributed by atoms with Gasteiger partial charge in [0.05, 0.1) is 11.4 Å². The smallest absolute Gasteiger partial charge is 0.222 e. The maximum atomic E-state index is 13.9. The summed E-state index contributed by atoms with van der Waals surface area (Å²) in [7, 11) is 0. The van der Waals surface area contributed by atoms with Crippen LogP contribution in [0, 0.1) is 11.6 Å². The standard InChI is InChI=1S/2C14H14F2N4.CH4/c2*15-10-7-14(8-10,12-11(16)3-1-4-17-12)9-20-13-18-5-2-6-19-13;/h2*1-6,10H,7-9H2,(H,18,19,20);1H4.